The van der Waals surface area contributed by atoms with Gasteiger partial charge in [-0.1, -0.05) is 6.92 Å². The van der Waals surface area contributed by atoms with Crippen LogP contribution in [0.4, 0.5) is 0 Å². The predicted molar refractivity (Wildman–Crippen MR) is 30.6 cm³/mol. The summed E-state index contributed by atoms with van der Waals surface area (Å²) in [5, 5.41) is 0. The average Bonchev–Trinajstić information content (AvgIpc) is 2.14. The van der Waals surface area contributed by atoms with Crippen molar-refractivity contribution in [3.8, 4) is 0 Å². The van der Waals surface area contributed by atoms with E-state index in [4.69, 9.17) is 9.47 Å². The fourth-order valence-electron chi connectivity index (χ4n) is 0.795. The molecule has 2 nitrogen and oxygen atoms in total. The van der Waals surface area contributed by atoms with Crippen molar-refractivity contribution in [2.75, 3.05) is 6.61 Å². The van der Waals surface area contributed by atoms with E-state index in [0.29, 0.717) is 6.10 Å². The highest BCUT2D eigenvalue weighted by atomic mass is 16.7. The molecule has 0 aromatic heterocycles. The van der Waals surface area contributed by atoms with E-state index in [2.05, 4.69) is 6.92 Å². The molecule has 0 bridgehead atoms. The molecule has 48 valence electrons. The van der Waals surface area contributed by atoms with Crippen molar-refractivity contribution in [2.24, 2.45) is 0 Å². The molecule has 8 heavy (non-hydrogen) atoms. The highest BCUT2D eigenvalue weighted by Crippen LogP contribution is 2.12. The molecule has 0 saturated carbocycles. The summed E-state index contributed by atoms with van der Waals surface area (Å²) in [5.74, 6) is 0. The van der Waals surface area contributed by atoms with Crippen molar-refractivity contribution < 1.29 is 9.47 Å². The summed E-state index contributed by atoms with van der Waals surface area (Å²) in [4.78, 5) is 0. The first-order valence-corrected chi connectivity index (χ1v) is 3.10. The van der Waals surface area contributed by atoms with Crippen molar-refractivity contribution in [2.45, 2.75) is 32.7 Å². The Morgan fingerprint density at radius 2 is 2.38 bits per heavy atom. The normalized spacial score (nSPS) is 38.2. The first-order valence-electron chi connectivity index (χ1n) is 3.10. The Morgan fingerprint density at radius 3 is 2.62 bits per heavy atom. The SMILES string of the molecule is CC[C@@H]1OC[C@H](C)O1. The maximum atomic E-state index is 5.29. The van der Waals surface area contributed by atoms with Gasteiger partial charge in [0.2, 0.25) is 0 Å². The number of hydrogen-bond donors (Lipinski definition) is 0. The second-order valence-corrected chi connectivity index (χ2v) is 2.12. The second kappa shape index (κ2) is 2.46. The van der Waals surface area contributed by atoms with Crippen molar-refractivity contribution >= 4 is 0 Å². The fourth-order valence-corrected chi connectivity index (χ4v) is 0.795. The third-order valence-corrected chi connectivity index (χ3v) is 1.23. The third-order valence-electron chi connectivity index (χ3n) is 1.23. The molecular weight excluding hydrogens is 104 g/mol. The second-order valence-electron chi connectivity index (χ2n) is 2.12. The molecule has 1 fully saturated rings. The van der Waals surface area contributed by atoms with Crippen LogP contribution in [-0.4, -0.2) is 19.0 Å². The van der Waals surface area contributed by atoms with Gasteiger partial charge in [-0.05, 0) is 13.3 Å². The van der Waals surface area contributed by atoms with Crippen molar-refractivity contribution in [3.63, 3.8) is 0 Å². The third kappa shape index (κ3) is 1.20. The molecule has 0 aliphatic carbocycles. The highest BCUT2D eigenvalue weighted by Gasteiger charge is 2.19. The van der Waals surface area contributed by atoms with Crippen molar-refractivity contribution in [1.29, 1.82) is 0 Å². The lowest BCUT2D eigenvalue weighted by Crippen LogP contribution is -2.06. The Bertz CT molecular complexity index is 72.9. The van der Waals surface area contributed by atoms with Crippen LogP contribution in [0.5, 0.6) is 0 Å². The first-order chi connectivity index (χ1) is 3.83. The van der Waals surface area contributed by atoms with E-state index in [1.807, 2.05) is 6.92 Å². The zero-order valence-corrected chi connectivity index (χ0v) is 5.39. The molecule has 2 heteroatoms. The van der Waals surface area contributed by atoms with Crippen LogP contribution in [0.25, 0.3) is 0 Å². The number of hydrogen-bond acceptors (Lipinski definition) is 2. The number of ether oxygens (including phenoxy) is 2. The maximum Gasteiger partial charge on any atom is 0.157 e. The molecular formula is C6H12O2. The average molecular weight is 116 g/mol. The van der Waals surface area contributed by atoms with Crippen LogP contribution >= 0.6 is 0 Å². The van der Waals surface area contributed by atoms with Gasteiger partial charge in [-0.25, -0.2) is 0 Å². The topological polar surface area (TPSA) is 18.5 Å². The Morgan fingerprint density at radius 1 is 1.62 bits per heavy atom. The van der Waals surface area contributed by atoms with Gasteiger partial charge < -0.3 is 9.47 Å². The minimum atomic E-state index is 0.0741. The molecule has 1 rings (SSSR count). The van der Waals surface area contributed by atoms with E-state index in [1.54, 1.807) is 0 Å². The van der Waals surface area contributed by atoms with Crippen molar-refractivity contribution in [1.82, 2.24) is 0 Å². The van der Waals surface area contributed by atoms with Crippen LogP contribution in [0.1, 0.15) is 20.3 Å². The molecule has 0 unspecified atom stereocenters. The summed E-state index contributed by atoms with van der Waals surface area (Å²) in [6.45, 7) is 4.84. The zero-order chi connectivity index (χ0) is 5.98. The van der Waals surface area contributed by atoms with Crippen molar-refractivity contribution in [3.05, 3.63) is 0 Å². The standard InChI is InChI=1S/C6H12O2/c1-3-6-7-4-5(2)8-6/h5-6H,3-4H2,1-2H3/t5-,6+/m0/s1. The molecule has 0 spiro atoms. The van der Waals surface area contributed by atoms with Crippen LogP contribution in [0.15, 0.2) is 0 Å². The molecule has 0 aromatic carbocycles. The van der Waals surface area contributed by atoms with Gasteiger partial charge in [-0.2, -0.15) is 0 Å². The minimum absolute atomic E-state index is 0.0741. The minimum Gasteiger partial charge on any atom is -0.350 e. The van der Waals surface area contributed by atoms with Crippen LogP contribution in [0, 0.1) is 0 Å². The lowest BCUT2D eigenvalue weighted by molar-refractivity contribution is -0.0557. The molecule has 0 N–H and O–H groups in total. The molecule has 0 aromatic rings. The van der Waals surface area contributed by atoms with Gasteiger partial charge in [0.15, 0.2) is 6.29 Å². The smallest absolute Gasteiger partial charge is 0.157 e. The molecule has 1 heterocycles. The van der Waals surface area contributed by atoms with Crippen LogP contribution in [0.3, 0.4) is 0 Å². The molecule has 1 aliphatic rings. The van der Waals surface area contributed by atoms with Crippen LogP contribution in [0.2, 0.25) is 0 Å². The van der Waals surface area contributed by atoms with E-state index in [-0.39, 0.29) is 6.29 Å². The maximum absolute atomic E-state index is 5.29. The van der Waals surface area contributed by atoms with Gasteiger partial charge in [-0.3, -0.25) is 0 Å². The molecule has 1 saturated heterocycles. The Hall–Kier alpha value is -0.0800. The van der Waals surface area contributed by atoms with Gasteiger partial charge in [-0.15, -0.1) is 0 Å². The summed E-state index contributed by atoms with van der Waals surface area (Å²) in [7, 11) is 0. The predicted octanol–water partition coefficient (Wildman–Crippen LogP) is 1.16. The first kappa shape index (κ1) is 6.05. The van der Waals surface area contributed by atoms with E-state index >= 15 is 0 Å². The van der Waals surface area contributed by atoms with Gasteiger partial charge in [0, 0.05) is 0 Å². The molecule has 1 aliphatic heterocycles. The molecule has 0 amide bonds. The molecule has 0 radical (unpaired) electrons. The molecule has 2 atom stereocenters. The summed E-state index contributed by atoms with van der Waals surface area (Å²) >= 11 is 0. The summed E-state index contributed by atoms with van der Waals surface area (Å²) in [6, 6.07) is 0. The summed E-state index contributed by atoms with van der Waals surface area (Å²) < 4.78 is 10.5. The van der Waals surface area contributed by atoms with Crippen LogP contribution < -0.4 is 0 Å². The van der Waals surface area contributed by atoms with Gasteiger partial charge in [0.25, 0.3) is 0 Å². The van der Waals surface area contributed by atoms with Crippen LogP contribution in [-0.2, 0) is 9.47 Å². The lowest BCUT2D eigenvalue weighted by atomic mass is 10.4. The van der Waals surface area contributed by atoms with Gasteiger partial charge >= 0.3 is 0 Å². The Labute approximate surface area is 49.8 Å². The summed E-state index contributed by atoms with van der Waals surface area (Å²) in [6.07, 6.45) is 1.34. The zero-order valence-electron chi connectivity index (χ0n) is 5.39. The summed E-state index contributed by atoms with van der Waals surface area (Å²) in [5.41, 5.74) is 0. The van der Waals surface area contributed by atoms with E-state index < -0.39 is 0 Å². The number of rotatable bonds is 1. The van der Waals surface area contributed by atoms with Gasteiger partial charge in [0.05, 0.1) is 12.7 Å². The highest BCUT2D eigenvalue weighted by molar-refractivity contribution is 4.57. The quantitative estimate of drug-likeness (QED) is 0.511. The monoisotopic (exact) mass is 116 g/mol. The van der Waals surface area contributed by atoms with Gasteiger partial charge in [0.1, 0.15) is 0 Å². The van der Waals surface area contributed by atoms with E-state index in [1.165, 1.54) is 0 Å². The Kier molecular flexibility index (Phi) is 1.86. The van der Waals surface area contributed by atoms with E-state index in [9.17, 15) is 0 Å². The van der Waals surface area contributed by atoms with E-state index in [0.717, 1.165) is 13.0 Å². The largest absolute Gasteiger partial charge is 0.350 e. The fraction of sp³-hybridized carbons (Fsp3) is 1.00. The lowest BCUT2D eigenvalue weighted by Gasteiger charge is -2.03. The Balaban J connectivity index is 2.22.